The minimum atomic E-state index is -3.29. The highest BCUT2D eigenvalue weighted by atomic mass is 32.2. The standard InChI is InChI=1S/C8H15NO3S/c1-13(10,11)12-8-5-6-3-2-4-7(8)9-6/h6-9H,2-5H2,1H3/t6-,7+,8-/m0/s1. The SMILES string of the molecule is CS(=O)(=O)O[C@H]1C[C@@H]2CCC[C@H]1N2. The van der Waals surface area contributed by atoms with E-state index in [4.69, 9.17) is 4.18 Å². The lowest BCUT2D eigenvalue weighted by atomic mass is 10.1. The zero-order valence-electron chi connectivity index (χ0n) is 7.69. The van der Waals surface area contributed by atoms with Gasteiger partial charge in [-0.15, -0.1) is 0 Å². The van der Waals surface area contributed by atoms with Crippen molar-refractivity contribution < 1.29 is 12.6 Å². The van der Waals surface area contributed by atoms with Gasteiger partial charge < -0.3 is 5.32 Å². The summed E-state index contributed by atoms with van der Waals surface area (Å²) in [6.45, 7) is 0. The van der Waals surface area contributed by atoms with Gasteiger partial charge in [0.1, 0.15) is 0 Å². The molecule has 0 spiro atoms. The molecule has 2 rings (SSSR count). The van der Waals surface area contributed by atoms with Gasteiger partial charge >= 0.3 is 0 Å². The molecule has 2 heterocycles. The van der Waals surface area contributed by atoms with Crippen molar-refractivity contribution in [2.75, 3.05) is 6.26 Å². The molecule has 2 bridgehead atoms. The predicted octanol–water partition coefficient (Wildman–Crippen LogP) is 0.246. The molecule has 2 saturated heterocycles. The molecule has 0 unspecified atom stereocenters. The molecule has 2 aliphatic heterocycles. The summed E-state index contributed by atoms with van der Waals surface area (Å²) < 4.78 is 26.9. The Labute approximate surface area is 78.8 Å². The summed E-state index contributed by atoms with van der Waals surface area (Å²) in [6, 6.07) is 0.735. The van der Waals surface area contributed by atoms with Crippen LogP contribution in [0.2, 0.25) is 0 Å². The van der Waals surface area contributed by atoms with Gasteiger partial charge in [-0.3, -0.25) is 4.18 Å². The van der Waals surface area contributed by atoms with Gasteiger partial charge in [0.05, 0.1) is 12.4 Å². The Balaban J connectivity index is 2.02. The maximum absolute atomic E-state index is 10.9. The summed E-state index contributed by atoms with van der Waals surface area (Å²) in [7, 11) is -3.29. The van der Waals surface area contributed by atoms with Crippen molar-refractivity contribution in [1.29, 1.82) is 0 Å². The topological polar surface area (TPSA) is 55.4 Å². The molecular formula is C8H15NO3S. The minimum absolute atomic E-state index is 0.123. The second-order valence-corrected chi connectivity index (χ2v) is 5.58. The lowest BCUT2D eigenvalue weighted by molar-refractivity contribution is 0.191. The monoisotopic (exact) mass is 205 g/mol. The highest BCUT2D eigenvalue weighted by molar-refractivity contribution is 7.86. The molecule has 3 atom stereocenters. The van der Waals surface area contributed by atoms with Crippen LogP contribution < -0.4 is 5.32 Å². The molecule has 76 valence electrons. The molecule has 13 heavy (non-hydrogen) atoms. The molecule has 4 nitrogen and oxygen atoms in total. The average Bonchev–Trinajstić information content (AvgIpc) is 2.24. The average molecular weight is 205 g/mol. The largest absolute Gasteiger partial charge is 0.309 e. The van der Waals surface area contributed by atoms with Crippen LogP contribution in [0.5, 0.6) is 0 Å². The molecule has 0 aromatic carbocycles. The highest BCUT2D eigenvalue weighted by Crippen LogP contribution is 2.29. The van der Waals surface area contributed by atoms with Crippen LogP contribution in [0.15, 0.2) is 0 Å². The van der Waals surface area contributed by atoms with E-state index < -0.39 is 10.1 Å². The van der Waals surface area contributed by atoms with Crippen molar-refractivity contribution >= 4 is 10.1 Å². The van der Waals surface area contributed by atoms with Crippen LogP contribution in [-0.2, 0) is 14.3 Å². The minimum Gasteiger partial charge on any atom is -0.309 e. The zero-order valence-corrected chi connectivity index (χ0v) is 8.51. The van der Waals surface area contributed by atoms with Crippen LogP contribution in [0.3, 0.4) is 0 Å². The Morgan fingerprint density at radius 1 is 1.38 bits per heavy atom. The number of hydrogen-bond donors (Lipinski definition) is 1. The molecule has 0 aliphatic carbocycles. The molecule has 2 fully saturated rings. The van der Waals surface area contributed by atoms with Crippen molar-refractivity contribution in [1.82, 2.24) is 5.32 Å². The van der Waals surface area contributed by atoms with Crippen LogP contribution in [0, 0.1) is 0 Å². The van der Waals surface area contributed by atoms with E-state index in [0.29, 0.717) is 6.04 Å². The molecule has 0 aromatic heterocycles. The van der Waals surface area contributed by atoms with E-state index in [-0.39, 0.29) is 12.1 Å². The third-order valence-electron chi connectivity index (χ3n) is 2.78. The Morgan fingerprint density at radius 2 is 2.15 bits per heavy atom. The van der Waals surface area contributed by atoms with E-state index in [2.05, 4.69) is 5.32 Å². The fourth-order valence-corrected chi connectivity index (χ4v) is 2.97. The smallest absolute Gasteiger partial charge is 0.264 e. The molecule has 5 heteroatoms. The van der Waals surface area contributed by atoms with Gasteiger partial charge in [-0.05, 0) is 19.3 Å². The van der Waals surface area contributed by atoms with E-state index in [9.17, 15) is 8.42 Å². The van der Waals surface area contributed by atoms with Crippen LogP contribution in [0.1, 0.15) is 25.7 Å². The molecule has 0 aromatic rings. The summed E-state index contributed by atoms with van der Waals surface area (Å²) in [6.07, 6.45) is 5.22. The summed E-state index contributed by atoms with van der Waals surface area (Å²) >= 11 is 0. The normalized spacial score (nSPS) is 39.3. The maximum atomic E-state index is 10.9. The van der Waals surface area contributed by atoms with Crippen molar-refractivity contribution in [3.8, 4) is 0 Å². The molecule has 0 saturated carbocycles. The van der Waals surface area contributed by atoms with Crippen molar-refractivity contribution in [2.45, 2.75) is 43.9 Å². The van der Waals surface area contributed by atoms with Crippen LogP contribution in [-0.4, -0.2) is 32.9 Å². The molecule has 1 N–H and O–H groups in total. The predicted molar refractivity (Wildman–Crippen MR) is 48.9 cm³/mol. The van der Waals surface area contributed by atoms with E-state index in [1.54, 1.807) is 0 Å². The van der Waals surface area contributed by atoms with Gasteiger partial charge in [-0.1, -0.05) is 6.42 Å². The Bertz CT molecular complexity index is 288. The van der Waals surface area contributed by atoms with E-state index in [0.717, 1.165) is 25.5 Å². The molecule has 0 radical (unpaired) electrons. The number of nitrogens with one attached hydrogen (secondary N) is 1. The van der Waals surface area contributed by atoms with Crippen LogP contribution in [0.4, 0.5) is 0 Å². The summed E-state index contributed by atoms with van der Waals surface area (Å²) in [4.78, 5) is 0. The van der Waals surface area contributed by atoms with Gasteiger partial charge in [0, 0.05) is 12.1 Å². The first-order valence-electron chi connectivity index (χ1n) is 4.69. The zero-order chi connectivity index (χ0) is 9.47. The van der Waals surface area contributed by atoms with Crippen LogP contribution in [0.25, 0.3) is 0 Å². The quantitative estimate of drug-likeness (QED) is 0.656. The van der Waals surface area contributed by atoms with E-state index >= 15 is 0 Å². The van der Waals surface area contributed by atoms with E-state index in [1.165, 1.54) is 6.42 Å². The number of fused-ring (bicyclic) bond motifs is 2. The highest BCUT2D eigenvalue weighted by Gasteiger charge is 2.38. The third-order valence-corrected chi connectivity index (χ3v) is 3.38. The number of hydrogen-bond acceptors (Lipinski definition) is 4. The van der Waals surface area contributed by atoms with Gasteiger partial charge in [-0.2, -0.15) is 8.42 Å². The summed E-state index contributed by atoms with van der Waals surface area (Å²) in [5.74, 6) is 0. The van der Waals surface area contributed by atoms with Gasteiger partial charge in [-0.25, -0.2) is 0 Å². The number of piperidine rings is 1. The van der Waals surface area contributed by atoms with Crippen LogP contribution >= 0.6 is 0 Å². The van der Waals surface area contributed by atoms with Gasteiger partial charge in [0.25, 0.3) is 10.1 Å². The Kier molecular flexibility index (Phi) is 2.33. The second kappa shape index (κ2) is 3.22. The number of rotatable bonds is 2. The first-order chi connectivity index (χ1) is 6.04. The summed E-state index contributed by atoms with van der Waals surface area (Å²) in [5.41, 5.74) is 0. The van der Waals surface area contributed by atoms with Crippen molar-refractivity contribution in [3.63, 3.8) is 0 Å². The van der Waals surface area contributed by atoms with Gasteiger partial charge in [0.15, 0.2) is 0 Å². The second-order valence-electron chi connectivity index (χ2n) is 3.98. The lowest BCUT2D eigenvalue weighted by Crippen LogP contribution is -2.38. The fraction of sp³-hybridized carbons (Fsp3) is 1.00. The lowest BCUT2D eigenvalue weighted by Gasteiger charge is -2.21. The summed E-state index contributed by atoms with van der Waals surface area (Å²) in [5, 5.41) is 3.37. The Hall–Kier alpha value is -0.130. The first kappa shape index (κ1) is 9.43. The fourth-order valence-electron chi connectivity index (χ4n) is 2.31. The van der Waals surface area contributed by atoms with Crippen molar-refractivity contribution in [3.05, 3.63) is 0 Å². The van der Waals surface area contributed by atoms with Crippen molar-refractivity contribution in [2.24, 2.45) is 0 Å². The third kappa shape index (κ3) is 2.21. The maximum Gasteiger partial charge on any atom is 0.264 e. The Morgan fingerprint density at radius 3 is 2.77 bits per heavy atom. The molecule has 0 amide bonds. The molecular weight excluding hydrogens is 190 g/mol. The van der Waals surface area contributed by atoms with Gasteiger partial charge in [0.2, 0.25) is 0 Å². The first-order valence-corrected chi connectivity index (χ1v) is 6.50. The van der Waals surface area contributed by atoms with E-state index in [1.807, 2.05) is 0 Å². The molecule has 2 aliphatic rings.